The van der Waals surface area contributed by atoms with Gasteiger partial charge in [0.25, 0.3) is 0 Å². The number of aromatic nitrogens is 2. The quantitative estimate of drug-likeness (QED) is 0.811. The Morgan fingerprint density at radius 1 is 1.33 bits per heavy atom. The summed E-state index contributed by atoms with van der Waals surface area (Å²) < 4.78 is 0. The molecule has 2 heterocycles. The summed E-state index contributed by atoms with van der Waals surface area (Å²) in [4.78, 5) is 10.2. The van der Waals surface area contributed by atoms with Crippen molar-refractivity contribution in [3.8, 4) is 10.6 Å². The fourth-order valence-electron chi connectivity index (χ4n) is 1.79. The molecule has 18 heavy (non-hydrogen) atoms. The number of rotatable bonds is 6. The number of hydrogen-bond donors (Lipinski definition) is 1. The minimum absolute atomic E-state index is 0.926. The highest BCUT2D eigenvalue weighted by Gasteiger charge is 2.10. The van der Waals surface area contributed by atoms with E-state index in [0.29, 0.717) is 0 Å². The zero-order valence-electron chi connectivity index (χ0n) is 10.9. The number of aryl methyl sites for hydroxylation is 1. The molecule has 0 radical (unpaired) electrons. The second-order valence-corrected chi connectivity index (χ2v) is 5.24. The molecule has 3 nitrogen and oxygen atoms in total. The van der Waals surface area contributed by atoms with Gasteiger partial charge < -0.3 is 5.32 Å². The van der Waals surface area contributed by atoms with Crippen LogP contribution >= 0.6 is 11.3 Å². The molecule has 0 aliphatic rings. The lowest BCUT2D eigenvalue weighted by Crippen LogP contribution is -2.13. The van der Waals surface area contributed by atoms with Crippen LogP contribution in [0, 0.1) is 0 Å². The Morgan fingerprint density at radius 2 is 2.22 bits per heavy atom. The van der Waals surface area contributed by atoms with Gasteiger partial charge in [0.2, 0.25) is 0 Å². The van der Waals surface area contributed by atoms with Gasteiger partial charge in [0, 0.05) is 29.4 Å². The molecule has 2 aromatic rings. The van der Waals surface area contributed by atoms with Crippen molar-refractivity contribution in [2.45, 2.75) is 33.2 Å². The Kier molecular flexibility index (Phi) is 4.84. The molecule has 4 heteroatoms. The number of thiazole rings is 1. The second-order valence-electron chi connectivity index (χ2n) is 4.16. The first kappa shape index (κ1) is 13.2. The summed E-state index contributed by atoms with van der Waals surface area (Å²) in [6.45, 7) is 6.32. The van der Waals surface area contributed by atoms with Gasteiger partial charge in [-0.2, -0.15) is 0 Å². The molecular weight excluding hydrogens is 242 g/mol. The summed E-state index contributed by atoms with van der Waals surface area (Å²) in [7, 11) is 0. The molecule has 0 spiro atoms. The first-order valence-electron chi connectivity index (χ1n) is 6.44. The minimum Gasteiger partial charge on any atom is -0.312 e. The lowest BCUT2D eigenvalue weighted by atomic mass is 10.2. The molecule has 96 valence electrons. The van der Waals surface area contributed by atoms with Crippen molar-refractivity contribution in [3.05, 3.63) is 35.1 Å². The summed E-state index contributed by atoms with van der Waals surface area (Å²) >= 11 is 1.77. The van der Waals surface area contributed by atoms with E-state index in [9.17, 15) is 0 Å². The van der Waals surface area contributed by atoms with E-state index in [1.54, 1.807) is 17.5 Å². The van der Waals surface area contributed by atoms with Crippen LogP contribution in [0.15, 0.2) is 24.5 Å². The number of hydrogen-bond acceptors (Lipinski definition) is 4. The molecule has 0 saturated carbocycles. The summed E-state index contributed by atoms with van der Waals surface area (Å²) in [5.74, 6) is 0. The average molecular weight is 261 g/mol. The molecule has 1 N–H and O–H groups in total. The maximum Gasteiger partial charge on any atom is 0.125 e. The van der Waals surface area contributed by atoms with Crippen molar-refractivity contribution >= 4 is 11.3 Å². The average Bonchev–Trinajstić information content (AvgIpc) is 2.83. The molecule has 0 fully saturated rings. The first-order chi connectivity index (χ1) is 8.85. The van der Waals surface area contributed by atoms with Gasteiger partial charge in [-0.3, -0.25) is 4.98 Å². The number of pyridine rings is 1. The fourth-order valence-corrected chi connectivity index (χ4v) is 2.90. The lowest BCUT2D eigenvalue weighted by molar-refractivity contribution is 0.677. The second kappa shape index (κ2) is 6.61. The molecule has 0 saturated heterocycles. The summed E-state index contributed by atoms with van der Waals surface area (Å²) in [6.07, 6.45) is 5.82. The predicted molar refractivity (Wildman–Crippen MR) is 76.7 cm³/mol. The topological polar surface area (TPSA) is 37.8 Å². The SMILES string of the molecule is CCCNCc1sc(-c2cccnc2)nc1CC. The molecule has 0 amide bonds. The van der Waals surface area contributed by atoms with Crippen molar-refractivity contribution in [1.82, 2.24) is 15.3 Å². The van der Waals surface area contributed by atoms with Gasteiger partial charge >= 0.3 is 0 Å². The van der Waals surface area contributed by atoms with Crippen molar-refractivity contribution in [2.24, 2.45) is 0 Å². The van der Waals surface area contributed by atoms with E-state index in [2.05, 4.69) is 30.2 Å². The van der Waals surface area contributed by atoms with Crippen LogP contribution in [0.5, 0.6) is 0 Å². The van der Waals surface area contributed by atoms with Crippen molar-refractivity contribution in [3.63, 3.8) is 0 Å². The smallest absolute Gasteiger partial charge is 0.125 e. The zero-order valence-corrected chi connectivity index (χ0v) is 11.8. The van der Waals surface area contributed by atoms with E-state index in [1.165, 1.54) is 10.6 Å². The van der Waals surface area contributed by atoms with Gasteiger partial charge in [-0.15, -0.1) is 11.3 Å². The highest BCUT2D eigenvalue weighted by atomic mass is 32.1. The third-order valence-electron chi connectivity index (χ3n) is 2.73. The molecule has 0 aliphatic carbocycles. The van der Waals surface area contributed by atoms with E-state index < -0.39 is 0 Å². The standard InChI is InChI=1S/C14H19N3S/c1-3-7-15-10-13-12(4-2)17-14(18-13)11-6-5-8-16-9-11/h5-6,8-9,15H,3-4,7,10H2,1-2H3. The van der Waals surface area contributed by atoms with E-state index in [-0.39, 0.29) is 0 Å². The minimum atomic E-state index is 0.926. The molecule has 2 aromatic heterocycles. The summed E-state index contributed by atoms with van der Waals surface area (Å²) in [5, 5.41) is 4.52. The first-order valence-corrected chi connectivity index (χ1v) is 7.26. The van der Waals surface area contributed by atoms with Crippen molar-refractivity contribution < 1.29 is 0 Å². The summed E-state index contributed by atoms with van der Waals surface area (Å²) in [5.41, 5.74) is 2.32. The van der Waals surface area contributed by atoms with Gasteiger partial charge in [-0.05, 0) is 31.5 Å². The van der Waals surface area contributed by atoms with Crippen molar-refractivity contribution in [2.75, 3.05) is 6.54 Å². The number of nitrogens with one attached hydrogen (secondary N) is 1. The molecule has 0 bridgehead atoms. The molecular formula is C14H19N3S. The monoisotopic (exact) mass is 261 g/mol. The Balaban J connectivity index is 2.18. The third-order valence-corrected chi connectivity index (χ3v) is 3.88. The maximum absolute atomic E-state index is 4.72. The lowest BCUT2D eigenvalue weighted by Gasteiger charge is -2.01. The van der Waals surface area contributed by atoms with Crippen molar-refractivity contribution in [1.29, 1.82) is 0 Å². The van der Waals surface area contributed by atoms with Gasteiger partial charge in [0.05, 0.1) is 5.69 Å². The number of nitrogens with zero attached hydrogens (tertiary/aromatic N) is 2. The summed E-state index contributed by atoms with van der Waals surface area (Å²) in [6, 6.07) is 4.02. The van der Waals surface area contributed by atoms with Gasteiger partial charge in [-0.25, -0.2) is 4.98 Å². The van der Waals surface area contributed by atoms with Gasteiger partial charge in [0.1, 0.15) is 5.01 Å². The van der Waals surface area contributed by atoms with Gasteiger partial charge in [-0.1, -0.05) is 13.8 Å². The van der Waals surface area contributed by atoms with Crippen LogP contribution in [0.2, 0.25) is 0 Å². The Morgan fingerprint density at radius 3 is 2.89 bits per heavy atom. The highest BCUT2D eigenvalue weighted by Crippen LogP contribution is 2.27. The van der Waals surface area contributed by atoms with Crippen LogP contribution in [0.25, 0.3) is 10.6 Å². The maximum atomic E-state index is 4.72. The highest BCUT2D eigenvalue weighted by molar-refractivity contribution is 7.15. The van der Waals surface area contributed by atoms with E-state index in [1.807, 2.05) is 12.3 Å². The van der Waals surface area contributed by atoms with E-state index >= 15 is 0 Å². The molecule has 0 aromatic carbocycles. The van der Waals surface area contributed by atoms with E-state index in [4.69, 9.17) is 4.98 Å². The van der Waals surface area contributed by atoms with E-state index in [0.717, 1.165) is 36.5 Å². The molecule has 0 aliphatic heterocycles. The Bertz CT molecular complexity index is 479. The molecule has 2 rings (SSSR count). The predicted octanol–water partition coefficient (Wildman–Crippen LogP) is 3.27. The Hall–Kier alpha value is -1.26. The molecule has 0 atom stereocenters. The third kappa shape index (κ3) is 3.15. The molecule has 0 unspecified atom stereocenters. The zero-order chi connectivity index (χ0) is 12.8. The van der Waals surface area contributed by atoms with Crippen LogP contribution in [0.1, 0.15) is 30.8 Å². The van der Waals surface area contributed by atoms with Crippen LogP contribution in [0.3, 0.4) is 0 Å². The fraction of sp³-hybridized carbons (Fsp3) is 0.429. The van der Waals surface area contributed by atoms with Crippen LogP contribution in [0.4, 0.5) is 0 Å². The van der Waals surface area contributed by atoms with Gasteiger partial charge in [0.15, 0.2) is 0 Å². The largest absolute Gasteiger partial charge is 0.312 e. The van der Waals surface area contributed by atoms with Crippen LogP contribution in [-0.4, -0.2) is 16.5 Å². The normalized spacial score (nSPS) is 10.8. The Labute approximate surface area is 112 Å². The van der Waals surface area contributed by atoms with Crippen LogP contribution in [-0.2, 0) is 13.0 Å². The van der Waals surface area contributed by atoms with Crippen LogP contribution < -0.4 is 5.32 Å².